The fourth-order valence-electron chi connectivity index (χ4n) is 2.89. The number of aromatic nitrogens is 1. The van der Waals surface area contributed by atoms with Crippen molar-refractivity contribution in [2.24, 2.45) is 5.92 Å². The summed E-state index contributed by atoms with van der Waals surface area (Å²) in [4.78, 5) is 27.2. The molecule has 0 radical (unpaired) electrons. The summed E-state index contributed by atoms with van der Waals surface area (Å²) in [5, 5.41) is 4.64. The molecule has 1 aromatic heterocycles. The van der Waals surface area contributed by atoms with Crippen LogP contribution in [0.1, 0.15) is 29.4 Å². The van der Waals surface area contributed by atoms with Crippen LogP contribution in [0.2, 0.25) is 5.02 Å². The van der Waals surface area contributed by atoms with Gasteiger partial charge in [0.25, 0.3) is 0 Å². The van der Waals surface area contributed by atoms with E-state index in [0.717, 1.165) is 18.2 Å². The average Bonchev–Trinajstić information content (AvgIpc) is 3.08. The Bertz CT molecular complexity index is 967. The normalized spacial score (nSPS) is 17.7. The first-order valence-corrected chi connectivity index (χ1v) is 8.69. The number of hydrogen-bond donors (Lipinski definition) is 2. The van der Waals surface area contributed by atoms with E-state index in [1.165, 1.54) is 6.07 Å². The number of carbonyl (C=O) groups is 2. The first-order chi connectivity index (χ1) is 13.6. The summed E-state index contributed by atoms with van der Waals surface area (Å²) >= 11 is 5.75. The second-order valence-corrected chi connectivity index (χ2v) is 6.79. The van der Waals surface area contributed by atoms with Gasteiger partial charge in [-0.2, -0.15) is 13.2 Å². The van der Waals surface area contributed by atoms with Gasteiger partial charge in [-0.05, 0) is 29.8 Å². The lowest BCUT2D eigenvalue weighted by Crippen LogP contribution is -2.36. The van der Waals surface area contributed by atoms with Gasteiger partial charge < -0.3 is 10.6 Å². The molecule has 1 aliphatic heterocycles. The van der Waals surface area contributed by atoms with Crippen molar-refractivity contribution in [3.05, 3.63) is 63.9 Å². The third-order valence-corrected chi connectivity index (χ3v) is 4.63. The Hall–Kier alpha value is -2.75. The van der Waals surface area contributed by atoms with Crippen LogP contribution in [0.25, 0.3) is 0 Å². The molecule has 0 bridgehead atoms. The zero-order chi connectivity index (χ0) is 21.3. The summed E-state index contributed by atoms with van der Waals surface area (Å²) in [6.07, 6.45) is -5.15. The van der Waals surface area contributed by atoms with Crippen molar-refractivity contribution in [2.75, 3.05) is 6.54 Å². The number of nitrogens with zero attached hydrogens (tertiary/aromatic N) is 1. The minimum atomic E-state index is -5.06. The van der Waals surface area contributed by atoms with Gasteiger partial charge in [0.15, 0.2) is 11.5 Å². The molecule has 1 unspecified atom stereocenters. The number of benzene rings is 1. The van der Waals surface area contributed by atoms with Crippen LogP contribution in [0, 0.1) is 17.6 Å². The summed E-state index contributed by atoms with van der Waals surface area (Å²) in [5.41, 5.74) is -1.94. The molecule has 1 fully saturated rings. The summed E-state index contributed by atoms with van der Waals surface area (Å²) in [7, 11) is 0. The van der Waals surface area contributed by atoms with Gasteiger partial charge in [0.2, 0.25) is 11.8 Å². The van der Waals surface area contributed by atoms with E-state index in [0.29, 0.717) is 6.07 Å². The lowest BCUT2D eigenvalue weighted by Gasteiger charge is -2.22. The molecule has 2 aromatic rings. The number of carbonyl (C=O) groups excluding carboxylic acids is 2. The highest BCUT2D eigenvalue weighted by molar-refractivity contribution is 6.30. The van der Waals surface area contributed by atoms with E-state index in [9.17, 15) is 31.5 Å². The van der Waals surface area contributed by atoms with Crippen LogP contribution < -0.4 is 10.6 Å². The Morgan fingerprint density at radius 2 is 1.90 bits per heavy atom. The predicted molar refractivity (Wildman–Crippen MR) is 91.7 cm³/mol. The summed E-state index contributed by atoms with van der Waals surface area (Å²) < 4.78 is 66.3. The maximum atomic E-state index is 13.6. The van der Waals surface area contributed by atoms with E-state index in [4.69, 9.17) is 11.6 Å². The van der Waals surface area contributed by atoms with E-state index < -0.39 is 41.4 Å². The fourth-order valence-corrected chi connectivity index (χ4v) is 3.08. The number of pyridine rings is 1. The molecule has 11 heteroatoms. The average molecular weight is 434 g/mol. The second-order valence-electron chi connectivity index (χ2n) is 6.38. The molecule has 2 N–H and O–H groups in total. The zero-order valence-corrected chi connectivity index (χ0v) is 15.2. The molecule has 2 atom stereocenters. The molecular weight excluding hydrogens is 421 g/mol. The summed E-state index contributed by atoms with van der Waals surface area (Å²) in [5.74, 6) is -4.06. The van der Waals surface area contributed by atoms with Crippen molar-refractivity contribution in [3.63, 3.8) is 0 Å². The first kappa shape index (κ1) is 21.0. The fraction of sp³-hybridized carbons (Fsp3) is 0.278. The van der Waals surface area contributed by atoms with Gasteiger partial charge in [-0.25, -0.2) is 13.8 Å². The molecule has 154 valence electrons. The summed E-state index contributed by atoms with van der Waals surface area (Å²) in [6, 6.07) is 3.59. The molecule has 1 aromatic carbocycles. The second kappa shape index (κ2) is 7.94. The third kappa shape index (κ3) is 4.64. The highest BCUT2D eigenvalue weighted by Gasteiger charge is 2.37. The van der Waals surface area contributed by atoms with Crippen LogP contribution in [-0.4, -0.2) is 23.3 Å². The van der Waals surface area contributed by atoms with Gasteiger partial charge >= 0.3 is 6.18 Å². The van der Waals surface area contributed by atoms with Gasteiger partial charge in [0, 0.05) is 13.0 Å². The third-order valence-electron chi connectivity index (χ3n) is 4.34. The molecule has 2 heterocycles. The van der Waals surface area contributed by atoms with Crippen molar-refractivity contribution < 1.29 is 31.5 Å². The van der Waals surface area contributed by atoms with E-state index in [1.54, 1.807) is 0 Å². The van der Waals surface area contributed by atoms with E-state index in [1.807, 2.05) is 0 Å². The number of amides is 2. The lowest BCUT2D eigenvalue weighted by molar-refractivity contribution is -0.143. The van der Waals surface area contributed by atoms with Crippen LogP contribution >= 0.6 is 11.6 Å². The Balaban J connectivity index is 2.02. The van der Waals surface area contributed by atoms with E-state index in [-0.39, 0.29) is 35.2 Å². The summed E-state index contributed by atoms with van der Waals surface area (Å²) in [6.45, 7) is 0.0617. The van der Waals surface area contributed by atoms with Crippen molar-refractivity contribution in [2.45, 2.75) is 18.6 Å². The van der Waals surface area contributed by atoms with Crippen molar-refractivity contribution in [1.29, 1.82) is 0 Å². The molecule has 1 aliphatic rings. The maximum Gasteiger partial charge on any atom is 0.436 e. The Labute approximate surface area is 166 Å². The zero-order valence-electron chi connectivity index (χ0n) is 14.5. The quantitative estimate of drug-likeness (QED) is 0.726. The SMILES string of the molecule is O=C1C[C@H](C(=O)NC(c2ccc(F)c(Cl)c2)c2ccc(F)c(C(F)(F)F)n2)CN1. The minimum Gasteiger partial charge on any atom is -0.355 e. The standard InChI is InChI=1S/C18H13ClF5N3O2/c19-10-5-8(1-2-11(10)20)15(27-17(29)9-6-14(28)25-7-9)13-4-3-12(21)16(26-13)18(22,23)24/h1-5,9,15H,6-7H2,(H,25,28)(H,27,29)/t9-,15?/m0/s1. The smallest absolute Gasteiger partial charge is 0.355 e. The van der Waals surface area contributed by atoms with Crippen LogP contribution in [0.3, 0.4) is 0 Å². The highest BCUT2D eigenvalue weighted by atomic mass is 35.5. The van der Waals surface area contributed by atoms with E-state index in [2.05, 4.69) is 15.6 Å². The van der Waals surface area contributed by atoms with Crippen molar-refractivity contribution in [3.8, 4) is 0 Å². The number of rotatable bonds is 4. The van der Waals surface area contributed by atoms with Gasteiger partial charge in [0.05, 0.1) is 22.7 Å². The number of nitrogens with one attached hydrogen (secondary N) is 2. The largest absolute Gasteiger partial charge is 0.436 e. The molecule has 2 amide bonds. The predicted octanol–water partition coefficient (Wildman–Crippen LogP) is 3.37. The molecule has 0 saturated carbocycles. The van der Waals surface area contributed by atoms with E-state index >= 15 is 0 Å². The Kier molecular flexibility index (Phi) is 5.74. The number of alkyl halides is 3. The molecule has 29 heavy (non-hydrogen) atoms. The molecule has 1 saturated heterocycles. The van der Waals surface area contributed by atoms with Crippen LogP contribution in [-0.2, 0) is 15.8 Å². The van der Waals surface area contributed by atoms with Gasteiger partial charge in [-0.1, -0.05) is 17.7 Å². The first-order valence-electron chi connectivity index (χ1n) is 8.32. The number of hydrogen-bond acceptors (Lipinski definition) is 3. The van der Waals surface area contributed by atoms with Crippen LogP contribution in [0.5, 0.6) is 0 Å². The highest BCUT2D eigenvalue weighted by Crippen LogP contribution is 2.32. The molecule has 3 rings (SSSR count). The molecule has 0 aliphatic carbocycles. The lowest BCUT2D eigenvalue weighted by atomic mass is 10.0. The monoisotopic (exact) mass is 433 g/mol. The molecular formula is C18H13ClF5N3O2. The number of halogens is 6. The van der Waals surface area contributed by atoms with Gasteiger partial charge in [-0.3, -0.25) is 9.59 Å². The van der Waals surface area contributed by atoms with Gasteiger partial charge in [0.1, 0.15) is 5.82 Å². The maximum absolute atomic E-state index is 13.6. The molecule has 5 nitrogen and oxygen atoms in total. The minimum absolute atomic E-state index is 0.0617. The van der Waals surface area contributed by atoms with Crippen molar-refractivity contribution >= 4 is 23.4 Å². The Morgan fingerprint density at radius 3 is 2.48 bits per heavy atom. The van der Waals surface area contributed by atoms with Crippen LogP contribution in [0.4, 0.5) is 22.0 Å². The van der Waals surface area contributed by atoms with Crippen molar-refractivity contribution in [1.82, 2.24) is 15.6 Å². The topological polar surface area (TPSA) is 71.1 Å². The Morgan fingerprint density at radius 1 is 1.21 bits per heavy atom. The van der Waals surface area contributed by atoms with Crippen LogP contribution in [0.15, 0.2) is 30.3 Å². The van der Waals surface area contributed by atoms with Gasteiger partial charge in [-0.15, -0.1) is 0 Å². The molecule has 0 spiro atoms.